The highest BCUT2D eigenvalue weighted by molar-refractivity contribution is 5.92. The van der Waals surface area contributed by atoms with Crippen LogP contribution in [-0.2, 0) is 9.53 Å². The SMILES string of the molecule is CC(C)(C)OCC(=O)Nc1ccc(C(=O)O)nc1. The molecule has 1 aromatic rings. The van der Waals surface area contributed by atoms with E-state index < -0.39 is 5.97 Å². The van der Waals surface area contributed by atoms with Crippen molar-refractivity contribution in [3.8, 4) is 0 Å². The van der Waals surface area contributed by atoms with Crippen LogP contribution in [-0.4, -0.2) is 34.2 Å². The average Bonchev–Trinajstić information content (AvgIpc) is 2.26. The molecule has 1 rings (SSSR count). The summed E-state index contributed by atoms with van der Waals surface area (Å²) in [5.41, 5.74) is -0.0237. The molecule has 0 saturated heterocycles. The predicted octanol–water partition coefficient (Wildman–Crippen LogP) is 1.53. The first kappa shape index (κ1) is 14.1. The van der Waals surface area contributed by atoms with Gasteiger partial charge in [-0.1, -0.05) is 0 Å². The summed E-state index contributed by atoms with van der Waals surface area (Å²) >= 11 is 0. The number of carbonyl (C=O) groups excluding carboxylic acids is 1. The number of rotatable bonds is 4. The summed E-state index contributed by atoms with van der Waals surface area (Å²) in [6.07, 6.45) is 1.29. The van der Waals surface area contributed by atoms with Crippen molar-refractivity contribution in [2.75, 3.05) is 11.9 Å². The van der Waals surface area contributed by atoms with Gasteiger partial charge in [-0.25, -0.2) is 9.78 Å². The van der Waals surface area contributed by atoms with Gasteiger partial charge in [0.1, 0.15) is 12.3 Å². The molecule has 0 fully saturated rings. The maximum Gasteiger partial charge on any atom is 0.354 e. The largest absolute Gasteiger partial charge is 0.477 e. The Bertz CT molecular complexity index is 434. The molecule has 0 unspecified atom stereocenters. The van der Waals surface area contributed by atoms with Crippen LogP contribution in [0.5, 0.6) is 0 Å². The number of carboxylic acids is 1. The van der Waals surface area contributed by atoms with Gasteiger partial charge < -0.3 is 15.2 Å². The Morgan fingerprint density at radius 3 is 2.50 bits per heavy atom. The third kappa shape index (κ3) is 4.92. The number of pyridine rings is 1. The quantitative estimate of drug-likeness (QED) is 0.848. The molecular formula is C12H16N2O4. The summed E-state index contributed by atoms with van der Waals surface area (Å²) in [6, 6.07) is 2.80. The molecule has 98 valence electrons. The van der Waals surface area contributed by atoms with Crippen LogP contribution >= 0.6 is 0 Å². The summed E-state index contributed by atoms with van der Waals surface area (Å²) in [6.45, 7) is 5.49. The normalized spacial score (nSPS) is 11.1. The standard InChI is InChI=1S/C12H16N2O4/c1-12(2,3)18-7-10(15)14-8-4-5-9(11(16)17)13-6-8/h4-6H,7H2,1-3H3,(H,14,15)(H,16,17). The molecule has 1 aromatic heterocycles. The number of hydrogen-bond donors (Lipinski definition) is 2. The van der Waals surface area contributed by atoms with E-state index in [1.807, 2.05) is 20.8 Å². The molecule has 1 heterocycles. The van der Waals surface area contributed by atoms with E-state index in [1.54, 1.807) is 0 Å². The van der Waals surface area contributed by atoms with Gasteiger partial charge in [-0.05, 0) is 32.9 Å². The number of aromatic nitrogens is 1. The monoisotopic (exact) mass is 252 g/mol. The summed E-state index contributed by atoms with van der Waals surface area (Å²) in [5, 5.41) is 11.2. The van der Waals surface area contributed by atoms with Gasteiger partial charge in [0.2, 0.25) is 5.91 Å². The van der Waals surface area contributed by atoms with Gasteiger partial charge in [0, 0.05) is 0 Å². The van der Waals surface area contributed by atoms with E-state index in [1.165, 1.54) is 18.3 Å². The molecule has 0 atom stereocenters. The minimum atomic E-state index is -1.11. The van der Waals surface area contributed by atoms with Crippen molar-refractivity contribution in [2.45, 2.75) is 26.4 Å². The number of aromatic carboxylic acids is 1. The van der Waals surface area contributed by atoms with E-state index in [0.717, 1.165) is 0 Å². The summed E-state index contributed by atoms with van der Waals surface area (Å²) in [5.74, 6) is -1.42. The molecule has 0 saturated carbocycles. The number of carboxylic acid groups (broad SMARTS) is 1. The fourth-order valence-corrected chi connectivity index (χ4v) is 1.07. The maximum absolute atomic E-state index is 11.5. The van der Waals surface area contributed by atoms with Crippen LogP contribution in [0.15, 0.2) is 18.3 Å². The van der Waals surface area contributed by atoms with Gasteiger partial charge in [0.05, 0.1) is 17.5 Å². The van der Waals surface area contributed by atoms with Crippen LogP contribution in [0.25, 0.3) is 0 Å². The molecule has 0 bridgehead atoms. The second kappa shape index (κ2) is 5.59. The molecule has 2 N–H and O–H groups in total. The Kier molecular flexibility index (Phi) is 4.38. The molecule has 0 aliphatic carbocycles. The lowest BCUT2D eigenvalue weighted by Gasteiger charge is -2.18. The molecule has 0 aromatic carbocycles. The highest BCUT2D eigenvalue weighted by Gasteiger charge is 2.13. The van der Waals surface area contributed by atoms with Crippen molar-refractivity contribution in [3.05, 3.63) is 24.0 Å². The number of amides is 1. The van der Waals surface area contributed by atoms with E-state index in [0.29, 0.717) is 5.69 Å². The van der Waals surface area contributed by atoms with E-state index in [2.05, 4.69) is 10.3 Å². The summed E-state index contributed by atoms with van der Waals surface area (Å²) in [4.78, 5) is 25.8. The number of hydrogen-bond acceptors (Lipinski definition) is 4. The number of carbonyl (C=O) groups is 2. The Morgan fingerprint density at radius 2 is 2.06 bits per heavy atom. The highest BCUT2D eigenvalue weighted by Crippen LogP contribution is 2.08. The summed E-state index contributed by atoms with van der Waals surface area (Å²) < 4.78 is 5.30. The first-order valence-corrected chi connectivity index (χ1v) is 5.41. The van der Waals surface area contributed by atoms with Crippen LogP contribution in [0.3, 0.4) is 0 Å². The van der Waals surface area contributed by atoms with Crippen molar-refractivity contribution in [1.82, 2.24) is 4.98 Å². The minimum Gasteiger partial charge on any atom is -0.477 e. The van der Waals surface area contributed by atoms with Gasteiger partial charge in [0.25, 0.3) is 0 Å². The van der Waals surface area contributed by atoms with Crippen molar-refractivity contribution >= 4 is 17.6 Å². The molecule has 0 radical (unpaired) electrons. The number of anilines is 1. The van der Waals surface area contributed by atoms with E-state index in [9.17, 15) is 9.59 Å². The van der Waals surface area contributed by atoms with Gasteiger partial charge in [-0.3, -0.25) is 4.79 Å². The minimum absolute atomic E-state index is 0.0653. The highest BCUT2D eigenvalue weighted by atomic mass is 16.5. The molecule has 0 aliphatic rings. The second-order valence-corrected chi connectivity index (χ2v) is 4.69. The predicted molar refractivity (Wildman–Crippen MR) is 65.5 cm³/mol. The molecule has 6 heteroatoms. The first-order valence-electron chi connectivity index (χ1n) is 5.41. The zero-order chi connectivity index (χ0) is 13.8. The van der Waals surface area contributed by atoms with Crippen LogP contribution in [0.4, 0.5) is 5.69 Å². The first-order chi connectivity index (χ1) is 8.28. The molecule has 1 amide bonds. The van der Waals surface area contributed by atoms with Crippen LogP contribution in [0.2, 0.25) is 0 Å². The third-order valence-electron chi connectivity index (χ3n) is 1.90. The van der Waals surface area contributed by atoms with Gasteiger partial charge in [-0.15, -0.1) is 0 Å². The Balaban J connectivity index is 2.52. The van der Waals surface area contributed by atoms with Gasteiger partial charge in [0.15, 0.2) is 0 Å². The maximum atomic E-state index is 11.5. The number of ether oxygens (including phenoxy) is 1. The van der Waals surface area contributed by atoms with Crippen LogP contribution < -0.4 is 5.32 Å². The molecular weight excluding hydrogens is 236 g/mol. The smallest absolute Gasteiger partial charge is 0.354 e. The Labute approximate surface area is 105 Å². The van der Waals surface area contributed by atoms with Gasteiger partial charge >= 0.3 is 5.97 Å². The zero-order valence-corrected chi connectivity index (χ0v) is 10.6. The lowest BCUT2D eigenvalue weighted by molar-refractivity contribution is -0.125. The Morgan fingerprint density at radius 1 is 1.39 bits per heavy atom. The Hall–Kier alpha value is -1.95. The van der Waals surface area contributed by atoms with Crippen LogP contribution in [0, 0.1) is 0 Å². The van der Waals surface area contributed by atoms with E-state index in [-0.39, 0.29) is 23.8 Å². The zero-order valence-electron chi connectivity index (χ0n) is 10.6. The summed E-state index contributed by atoms with van der Waals surface area (Å²) in [7, 11) is 0. The topological polar surface area (TPSA) is 88.5 Å². The van der Waals surface area contributed by atoms with Gasteiger partial charge in [-0.2, -0.15) is 0 Å². The fraction of sp³-hybridized carbons (Fsp3) is 0.417. The number of nitrogens with one attached hydrogen (secondary N) is 1. The third-order valence-corrected chi connectivity index (χ3v) is 1.90. The van der Waals surface area contributed by atoms with E-state index >= 15 is 0 Å². The van der Waals surface area contributed by atoms with Crippen molar-refractivity contribution < 1.29 is 19.4 Å². The number of nitrogens with zero attached hydrogens (tertiary/aromatic N) is 1. The lowest BCUT2D eigenvalue weighted by Crippen LogP contribution is -2.27. The van der Waals surface area contributed by atoms with Crippen molar-refractivity contribution in [2.24, 2.45) is 0 Å². The molecule has 6 nitrogen and oxygen atoms in total. The van der Waals surface area contributed by atoms with E-state index in [4.69, 9.17) is 9.84 Å². The fourth-order valence-electron chi connectivity index (χ4n) is 1.07. The molecule has 18 heavy (non-hydrogen) atoms. The van der Waals surface area contributed by atoms with Crippen molar-refractivity contribution in [1.29, 1.82) is 0 Å². The lowest BCUT2D eigenvalue weighted by atomic mass is 10.2. The van der Waals surface area contributed by atoms with Crippen molar-refractivity contribution in [3.63, 3.8) is 0 Å². The molecule has 0 spiro atoms. The average molecular weight is 252 g/mol. The van der Waals surface area contributed by atoms with Crippen LogP contribution in [0.1, 0.15) is 31.3 Å². The molecule has 0 aliphatic heterocycles. The second-order valence-electron chi connectivity index (χ2n) is 4.69.